The lowest BCUT2D eigenvalue weighted by Gasteiger charge is -2.11. The van der Waals surface area contributed by atoms with Crippen molar-refractivity contribution in [3.63, 3.8) is 0 Å². The molecule has 4 aromatic rings. The minimum atomic E-state index is -0.150. The second-order valence-corrected chi connectivity index (χ2v) is 5.97. The molecule has 0 aliphatic rings. The number of rotatable bonds is 6. The molecule has 0 amide bonds. The summed E-state index contributed by atoms with van der Waals surface area (Å²) in [5.41, 5.74) is 3.73. The summed E-state index contributed by atoms with van der Waals surface area (Å²) in [6, 6.07) is 18.9. The second-order valence-electron chi connectivity index (χ2n) is 5.97. The molecular weight excluding hydrogens is 352 g/mol. The third kappa shape index (κ3) is 3.83. The molecule has 2 aromatic carbocycles. The lowest BCUT2D eigenvalue weighted by Crippen LogP contribution is -2.06. The minimum absolute atomic E-state index is 0.150. The number of benzene rings is 2. The molecule has 2 aromatic heterocycles. The summed E-state index contributed by atoms with van der Waals surface area (Å²) in [5, 5.41) is 20.8. The number of carbonyl (C=O) groups excluding carboxylic acids is 1. The lowest BCUT2D eigenvalue weighted by atomic mass is 9.91. The van der Waals surface area contributed by atoms with Crippen molar-refractivity contribution in [3.05, 3.63) is 95.6 Å². The highest BCUT2D eigenvalue weighted by Crippen LogP contribution is 2.28. The van der Waals surface area contributed by atoms with Crippen LogP contribution in [0.2, 0.25) is 0 Å². The number of Topliss-reactive ketones (excluding diaryl/α,β-unsaturated/α-hetero) is 1. The Kier molecular flexibility index (Phi) is 4.97. The van der Waals surface area contributed by atoms with Gasteiger partial charge in [0, 0.05) is 23.5 Å². The standard InChI is InChI=1S/C21H16N6O/c28-21(19(11-17-13-22-26-24-17)15-7-3-1-4-8-15)20(12-18-14-23-27-25-18)16-9-5-2-6-10-16/h1-14H,(H,22,24,26)(H,23,25,27)/b19-11-,20-12-. The molecule has 0 unspecified atom stereocenters. The number of aromatic nitrogens is 6. The Morgan fingerprint density at radius 3 is 1.46 bits per heavy atom. The topological polar surface area (TPSA) is 100 Å². The lowest BCUT2D eigenvalue weighted by molar-refractivity contribution is -0.108. The zero-order valence-corrected chi connectivity index (χ0v) is 14.8. The van der Waals surface area contributed by atoms with E-state index in [4.69, 9.17) is 0 Å². The van der Waals surface area contributed by atoms with Crippen molar-refractivity contribution >= 4 is 29.1 Å². The quantitative estimate of drug-likeness (QED) is 0.509. The predicted octanol–water partition coefficient (Wildman–Crippen LogP) is 3.27. The first-order chi connectivity index (χ1) is 13.8. The van der Waals surface area contributed by atoms with Crippen LogP contribution in [0.1, 0.15) is 22.5 Å². The third-order valence-electron chi connectivity index (χ3n) is 4.11. The Morgan fingerprint density at radius 1 is 0.679 bits per heavy atom. The van der Waals surface area contributed by atoms with Gasteiger partial charge in [0.05, 0.1) is 0 Å². The molecule has 0 spiro atoms. The largest absolute Gasteiger partial charge is 0.289 e. The smallest absolute Gasteiger partial charge is 0.194 e. The van der Waals surface area contributed by atoms with Crippen LogP contribution < -0.4 is 0 Å². The van der Waals surface area contributed by atoms with E-state index < -0.39 is 0 Å². The minimum Gasteiger partial charge on any atom is -0.289 e. The fourth-order valence-corrected chi connectivity index (χ4v) is 2.80. The van der Waals surface area contributed by atoms with Crippen LogP contribution in [0.4, 0.5) is 0 Å². The van der Waals surface area contributed by atoms with Crippen LogP contribution in [-0.4, -0.2) is 36.6 Å². The van der Waals surface area contributed by atoms with Gasteiger partial charge in [0.25, 0.3) is 0 Å². The van der Waals surface area contributed by atoms with Crippen molar-refractivity contribution in [1.29, 1.82) is 0 Å². The van der Waals surface area contributed by atoms with Gasteiger partial charge in [-0.05, 0) is 23.3 Å². The molecule has 0 atom stereocenters. The number of aromatic amines is 2. The molecule has 0 fully saturated rings. The summed E-state index contributed by atoms with van der Waals surface area (Å²) >= 11 is 0. The second kappa shape index (κ2) is 8.05. The molecule has 2 heterocycles. The summed E-state index contributed by atoms with van der Waals surface area (Å²) in [4.78, 5) is 13.6. The monoisotopic (exact) mass is 368 g/mol. The number of H-pyrrole nitrogens is 2. The summed E-state index contributed by atoms with van der Waals surface area (Å²) in [5.74, 6) is -0.150. The Balaban J connectivity index is 1.85. The summed E-state index contributed by atoms with van der Waals surface area (Å²) in [6.45, 7) is 0. The van der Waals surface area contributed by atoms with Gasteiger partial charge in [-0.3, -0.25) is 15.0 Å². The normalized spacial score (nSPS) is 12.1. The molecule has 0 saturated heterocycles. The number of ketones is 1. The van der Waals surface area contributed by atoms with Crippen LogP contribution in [0.5, 0.6) is 0 Å². The van der Waals surface area contributed by atoms with Gasteiger partial charge in [-0.2, -0.15) is 0 Å². The van der Waals surface area contributed by atoms with E-state index in [9.17, 15) is 4.79 Å². The van der Waals surface area contributed by atoms with Gasteiger partial charge in [-0.1, -0.05) is 71.1 Å². The third-order valence-corrected chi connectivity index (χ3v) is 4.11. The number of hydrogen-bond donors (Lipinski definition) is 2. The number of nitrogens with zero attached hydrogens (tertiary/aromatic N) is 4. The molecule has 0 bridgehead atoms. The van der Waals surface area contributed by atoms with Crippen molar-refractivity contribution in [2.45, 2.75) is 0 Å². The highest BCUT2D eigenvalue weighted by Gasteiger charge is 2.19. The van der Waals surface area contributed by atoms with Crippen molar-refractivity contribution in [1.82, 2.24) is 30.8 Å². The van der Waals surface area contributed by atoms with Crippen molar-refractivity contribution in [2.24, 2.45) is 0 Å². The molecule has 0 radical (unpaired) electrons. The number of carbonyl (C=O) groups is 1. The maximum Gasteiger partial charge on any atom is 0.194 e. The highest BCUT2D eigenvalue weighted by molar-refractivity contribution is 6.46. The molecule has 4 rings (SSSR count). The summed E-state index contributed by atoms with van der Waals surface area (Å²) in [6.07, 6.45) is 6.72. The van der Waals surface area contributed by atoms with E-state index in [1.807, 2.05) is 60.7 Å². The van der Waals surface area contributed by atoms with E-state index in [2.05, 4.69) is 30.8 Å². The zero-order chi connectivity index (χ0) is 19.2. The van der Waals surface area contributed by atoms with Crippen LogP contribution in [0.25, 0.3) is 23.3 Å². The van der Waals surface area contributed by atoms with Crippen LogP contribution in [0.15, 0.2) is 73.1 Å². The maximum atomic E-state index is 13.6. The van der Waals surface area contributed by atoms with E-state index in [1.165, 1.54) is 0 Å². The Labute approximate surface area is 160 Å². The van der Waals surface area contributed by atoms with Crippen molar-refractivity contribution in [2.75, 3.05) is 0 Å². The van der Waals surface area contributed by atoms with Crippen molar-refractivity contribution in [3.8, 4) is 0 Å². The van der Waals surface area contributed by atoms with E-state index in [-0.39, 0.29) is 5.78 Å². The first-order valence-electron chi connectivity index (χ1n) is 8.63. The van der Waals surface area contributed by atoms with Gasteiger partial charge in [-0.25, -0.2) is 0 Å². The SMILES string of the molecule is O=C(/C(=C\c1c[nH]nn1)c1ccccc1)/C(=C\c1c[nH]nn1)c1ccccc1. The Hall–Kier alpha value is -4.13. The Morgan fingerprint density at radius 2 is 1.11 bits per heavy atom. The molecule has 7 heteroatoms. The Bertz CT molecular complexity index is 1010. The van der Waals surface area contributed by atoms with Gasteiger partial charge in [0.1, 0.15) is 11.4 Å². The molecule has 7 nitrogen and oxygen atoms in total. The van der Waals surface area contributed by atoms with Crippen LogP contribution >= 0.6 is 0 Å². The number of nitrogens with one attached hydrogen (secondary N) is 2. The predicted molar refractivity (Wildman–Crippen MR) is 106 cm³/mol. The summed E-state index contributed by atoms with van der Waals surface area (Å²) < 4.78 is 0. The van der Waals surface area contributed by atoms with Gasteiger partial charge in [0.15, 0.2) is 5.78 Å². The van der Waals surface area contributed by atoms with Gasteiger partial charge < -0.3 is 0 Å². The number of hydrogen-bond acceptors (Lipinski definition) is 5. The molecule has 0 aliphatic heterocycles. The fraction of sp³-hybridized carbons (Fsp3) is 0. The van der Waals surface area contributed by atoms with Gasteiger partial charge in [-0.15, -0.1) is 10.2 Å². The zero-order valence-electron chi connectivity index (χ0n) is 14.8. The van der Waals surface area contributed by atoms with E-state index in [0.717, 1.165) is 11.1 Å². The van der Waals surface area contributed by atoms with E-state index >= 15 is 0 Å². The summed E-state index contributed by atoms with van der Waals surface area (Å²) in [7, 11) is 0. The van der Waals surface area contributed by atoms with Crippen LogP contribution in [0, 0.1) is 0 Å². The first-order valence-corrected chi connectivity index (χ1v) is 8.63. The average Bonchev–Trinajstić information content (AvgIpc) is 3.45. The average molecular weight is 368 g/mol. The first kappa shape index (κ1) is 17.3. The molecule has 136 valence electrons. The molecular formula is C21H16N6O. The number of allylic oxidation sites excluding steroid dienone is 2. The van der Waals surface area contributed by atoms with E-state index in [0.29, 0.717) is 22.5 Å². The molecule has 28 heavy (non-hydrogen) atoms. The van der Waals surface area contributed by atoms with Crippen molar-refractivity contribution < 1.29 is 4.79 Å². The highest BCUT2D eigenvalue weighted by atomic mass is 16.1. The molecule has 0 saturated carbocycles. The fourth-order valence-electron chi connectivity index (χ4n) is 2.80. The maximum absolute atomic E-state index is 13.6. The van der Waals surface area contributed by atoms with E-state index in [1.54, 1.807) is 24.5 Å². The van der Waals surface area contributed by atoms with Gasteiger partial charge in [0.2, 0.25) is 0 Å². The van der Waals surface area contributed by atoms with Crippen LogP contribution in [0.3, 0.4) is 0 Å². The molecule has 2 N–H and O–H groups in total. The van der Waals surface area contributed by atoms with Crippen LogP contribution in [-0.2, 0) is 4.79 Å². The molecule has 0 aliphatic carbocycles. The van der Waals surface area contributed by atoms with Gasteiger partial charge >= 0.3 is 0 Å².